The van der Waals surface area contributed by atoms with Gasteiger partial charge in [0.2, 0.25) is 5.96 Å². The molecule has 1 aromatic heterocycles. The molecule has 0 aliphatic carbocycles. The number of anilines is 1. The van der Waals surface area contributed by atoms with Crippen molar-refractivity contribution in [3.63, 3.8) is 0 Å². The number of allylic oxidation sites excluding steroid dienone is 4. The third-order valence-corrected chi connectivity index (χ3v) is 7.78. The van der Waals surface area contributed by atoms with Gasteiger partial charge in [0.05, 0.1) is 18.1 Å². The number of hydrogen-bond acceptors (Lipinski definition) is 8. The number of halogens is 1. The van der Waals surface area contributed by atoms with E-state index in [2.05, 4.69) is 68.4 Å². The first-order chi connectivity index (χ1) is 17.8. The average Bonchev–Trinajstić information content (AvgIpc) is 3.15. The number of pyridine rings is 1. The standard InChI is InChI=1S/C28H39FN8/c1-6-21(9-25-18(4)34-19(5)37(25)17(2)3)23-10-27(31-13-24(23)29)35-28-32-11-20(12-33-28)15-36-16-22-7-8-30-14-26(22)36/h6,9-11,13,17,19,22,26,30,34H,1,7-8,12,14-16H2,2-5H3,(H2,31,32,33,35)/b21-9+. The lowest BCUT2D eigenvalue weighted by Gasteiger charge is -2.51. The van der Waals surface area contributed by atoms with Crippen LogP contribution in [0.25, 0.3) is 5.57 Å². The summed E-state index contributed by atoms with van der Waals surface area (Å²) in [5.74, 6) is 1.58. The van der Waals surface area contributed by atoms with Crippen LogP contribution in [0.4, 0.5) is 10.2 Å². The van der Waals surface area contributed by atoms with Crippen LogP contribution >= 0.6 is 0 Å². The van der Waals surface area contributed by atoms with Gasteiger partial charge in [-0.15, -0.1) is 0 Å². The van der Waals surface area contributed by atoms with E-state index in [1.807, 2.05) is 19.2 Å². The van der Waals surface area contributed by atoms with Crippen LogP contribution in [0.3, 0.4) is 0 Å². The molecule has 0 bridgehead atoms. The van der Waals surface area contributed by atoms with Crippen molar-refractivity contribution < 1.29 is 4.39 Å². The fraction of sp³-hybridized carbons (Fsp3) is 0.500. The van der Waals surface area contributed by atoms with Gasteiger partial charge in [-0.3, -0.25) is 4.90 Å². The predicted molar refractivity (Wildman–Crippen MR) is 148 cm³/mol. The van der Waals surface area contributed by atoms with Crippen molar-refractivity contribution in [2.45, 2.75) is 52.4 Å². The van der Waals surface area contributed by atoms with E-state index in [9.17, 15) is 4.39 Å². The zero-order valence-corrected chi connectivity index (χ0v) is 22.3. The minimum Gasteiger partial charge on any atom is -0.367 e. The summed E-state index contributed by atoms with van der Waals surface area (Å²) in [6.07, 6.45) is 8.32. The minimum atomic E-state index is -0.393. The van der Waals surface area contributed by atoms with E-state index in [0.717, 1.165) is 43.5 Å². The lowest BCUT2D eigenvalue weighted by atomic mass is 9.83. The topological polar surface area (TPSA) is 79.8 Å². The molecule has 3 atom stereocenters. The highest BCUT2D eigenvalue weighted by Crippen LogP contribution is 2.31. The molecule has 2 saturated heterocycles. The van der Waals surface area contributed by atoms with Crippen LogP contribution in [-0.2, 0) is 0 Å². The lowest BCUT2D eigenvalue weighted by Crippen LogP contribution is -2.63. The Morgan fingerprint density at radius 1 is 1.38 bits per heavy atom. The molecule has 37 heavy (non-hydrogen) atoms. The van der Waals surface area contributed by atoms with Crippen LogP contribution in [0.15, 0.2) is 59.2 Å². The minimum absolute atomic E-state index is 0.173. The summed E-state index contributed by atoms with van der Waals surface area (Å²) in [5.41, 5.74) is 4.50. The van der Waals surface area contributed by atoms with E-state index in [1.54, 1.807) is 12.1 Å². The van der Waals surface area contributed by atoms with Crippen molar-refractivity contribution in [3.05, 3.63) is 65.5 Å². The highest BCUT2D eigenvalue weighted by Gasteiger charge is 2.40. The molecule has 5 rings (SSSR count). The summed E-state index contributed by atoms with van der Waals surface area (Å²) in [6.45, 7) is 17.5. The van der Waals surface area contributed by atoms with Crippen LogP contribution in [-0.4, -0.2) is 71.7 Å². The molecular weight excluding hydrogens is 467 g/mol. The quantitative estimate of drug-likeness (QED) is 0.423. The first-order valence-electron chi connectivity index (χ1n) is 13.3. The van der Waals surface area contributed by atoms with Crippen molar-refractivity contribution in [2.24, 2.45) is 10.9 Å². The summed E-state index contributed by atoms with van der Waals surface area (Å²) >= 11 is 0. The molecular formula is C28H39FN8. The zero-order valence-electron chi connectivity index (χ0n) is 22.3. The second-order valence-corrected chi connectivity index (χ2v) is 10.7. The van der Waals surface area contributed by atoms with Gasteiger partial charge in [0.1, 0.15) is 11.6 Å². The number of nitrogens with zero attached hydrogens (tertiary/aromatic N) is 4. The van der Waals surface area contributed by atoms with Crippen LogP contribution in [0, 0.1) is 11.7 Å². The van der Waals surface area contributed by atoms with Gasteiger partial charge in [-0.25, -0.2) is 14.4 Å². The number of fused-ring (bicyclic) bond motifs is 1. The van der Waals surface area contributed by atoms with Gasteiger partial charge in [0.25, 0.3) is 0 Å². The van der Waals surface area contributed by atoms with Crippen LogP contribution in [0.1, 0.15) is 39.7 Å². The third kappa shape index (κ3) is 5.29. The van der Waals surface area contributed by atoms with Gasteiger partial charge in [0, 0.05) is 55.7 Å². The number of aliphatic imine (C=N–C) groups is 1. The molecule has 0 spiro atoms. The second kappa shape index (κ2) is 10.7. The Morgan fingerprint density at radius 3 is 2.92 bits per heavy atom. The van der Waals surface area contributed by atoms with E-state index in [4.69, 9.17) is 0 Å². The Labute approximate surface area is 219 Å². The molecule has 4 N–H and O–H groups in total. The van der Waals surface area contributed by atoms with Gasteiger partial charge in [-0.1, -0.05) is 12.7 Å². The van der Waals surface area contributed by atoms with Gasteiger partial charge >= 0.3 is 0 Å². The van der Waals surface area contributed by atoms with Crippen LogP contribution in [0.2, 0.25) is 0 Å². The Hall–Kier alpha value is -3.17. The van der Waals surface area contributed by atoms with Gasteiger partial charge in [-0.05, 0) is 69.9 Å². The average molecular weight is 507 g/mol. The summed E-state index contributed by atoms with van der Waals surface area (Å²) in [6, 6.07) is 2.67. The number of aromatic nitrogens is 1. The van der Waals surface area contributed by atoms with Gasteiger partial charge in [0.15, 0.2) is 0 Å². The summed E-state index contributed by atoms with van der Waals surface area (Å²) in [5, 5.41) is 13.5. The number of guanidine groups is 1. The van der Waals surface area contributed by atoms with Gasteiger partial charge in [-0.2, -0.15) is 0 Å². The second-order valence-electron chi connectivity index (χ2n) is 10.7. The first kappa shape index (κ1) is 25.5. The Kier molecular flexibility index (Phi) is 7.35. The number of nitrogens with one attached hydrogen (secondary N) is 4. The number of hydrogen-bond donors (Lipinski definition) is 4. The van der Waals surface area contributed by atoms with E-state index in [-0.39, 0.29) is 6.17 Å². The monoisotopic (exact) mass is 506 g/mol. The van der Waals surface area contributed by atoms with E-state index < -0.39 is 5.82 Å². The smallest absolute Gasteiger partial charge is 0.201 e. The molecule has 4 aliphatic rings. The molecule has 8 nitrogen and oxygen atoms in total. The molecule has 5 heterocycles. The summed E-state index contributed by atoms with van der Waals surface area (Å²) < 4.78 is 14.9. The number of likely N-dealkylation sites (tertiary alicyclic amines) is 1. The van der Waals surface area contributed by atoms with Crippen molar-refractivity contribution in [2.75, 3.05) is 38.0 Å². The molecule has 0 saturated carbocycles. The normalized spacial score (nSPS) is 26.2. The van der Waals surface area contributed by atoms with E-state index >= 15 is 0 Å². The zero-order chi connectivity index (χ0) is 26.1. The van der Waals surface area contributed by atoms with Gasteiger partial charge < -0.3 is 26.2 Å². The maximum absolute atomic E-state index is 14.9. The molecule has 198 valence electrons. The largest absolute Gasteiger partial charge is 0.367 e. The molecule has 0 amide bonds. The molecule has 0 aromatic carbocycles. The summed E-state index contributed by atoms with van der Waals surface area (Å²) in [4.78, 5) is 13.6. The molecule has 9 heteroatoms. The Balaban J connectivity index is 1.29. The molecule has 1 aromatic rings. The van der Waals surface area contributed by atoms with Crippen molar-refractivity contribution in [1.29, 1.82) is 0 Å². The highest BCUT2D eigenvalue weighted by atomic mass is 19.1. The molecule has 4 aliphatic heterocycles. The molecule has 3 unspecified atom stereocenters. The SMILES string of the molecule is C=C/C(=C\C1=C(C)NC(C)N1C(C)C)c1cc(NC2=NC=C(CN3CC4CCNCC43)CN2)ncc1F. The van der Waals surface area contributed by atoms with E-state index in [1.165, 1.54) is 24.7 Å². The number of rotatable bonds is 7. The first-order valence-corrected chi connectivity index (χ1v) is 13.3. The van der Waals surface area contributed by atoms with Crippen LogP contribution < -0.4 is 21.3 Å². The maximum Gasteiger partial charge on any atom is 0.201 e. The lowest BCUT2D eigenvalue weighted by molar-refractivity contribution is 0.00313. The van der Waals surface area contributed by atoms with Crippen LogP contribution in [0.5, 0.6) is 0 Å². The molecule has 0 radical (unpaired) electrons. The predicted octanol–water partition coefficient (Wildman–Crippen LogP) is 3.23. The van der Waals surface area contributed by atoms with Crippen molar-refractivity contribution >= 4 is 17.4 Å². The highest BCUT2D eigenvalue weighted by molar-refractivity contribution is 5.94. The number of piperidine rings is 1. The van der Waals surface area contributed by atoms with E-state index in [0.29, 0.717) is 35.0 Å². The third-order valence-electron chi connectivity index (χ3n) is 7.78. The maximum atomic E-state index is 14.9. The Bertz CT molecular complexity index is 1170. The molecule has 2 fully saturated rings. The Morgan fingerprint density at radius 2 is 2.22 bits per heavy atom. The summed E-state index contributed by atoms with van der Waals surface area (Å²) in [7, 11) is 0. The fourth-order valence-corrected chi connectivity index (χ4v) is 5.91. The van der Waals surface area contributed by atoms with Crippen molar-refractivity contribution in [1.82, 2.24) is 30.7 Å². The fourth-order valence-electron chi connectivity index (χ4n) is 5.91. The van der Waals surface area contributed by atoms with Crippen molar-refractivity contribution in [3.8, 4) is 0 Å².